The molecule has 1 N–H and O–H groups in total. The Kier molecular flexibility index (Phi) is 4.27. The maximum atomic E-state index is 12.5. The van der Waals surface area contributed by atoms with E-state index in [1.54, 1.807) is 0 Å². The van der Waals surface area contributed by atoms with Gasteiger partial charge in [0.25, 0.3) is 0 Å². The Balaban J connectivity index is 1.58. The zero-order valence-electron chi connectivity index (χ0n) is 13.4. The van der Waals surface area contributed by atoms with E-state index in [9.17, 15) is 4.79 Å². The minimum absolute atomic E-state index is 0.243. The van der Waals surface area contributed by atoms with Gasteiger partial charge in [-0.05, 0) is 43.4 Å². The van der Waals surface area contributed by atoms with Gasteiger partial charge in [0.05, 0.1) is 5.69 Å². The van der Waals surface area contributed by atoms with E-state index < -0.39 is 0 Å². The van der Waals surface area contributed by atoms with Crippen molar-refractivity contribution in [2.24, 2.45) is 0 Å². The first kappa shape index (κ1) is 14.8. The fourth-order valence-electron chi connectivity index (χ4n) is 3.08. The quantitative estimate of drug-likeness (QED) is 0.946. The predicted octanol–water partition coefficient (Wildman–Crippen LogP) is 2.59. The molecule has 0 unspecified atom stereocenters. The fraction of sp³-hybridized carbons (Fsp3) is 0.444. The van der Waals surface area contributed by atoms with Gasteiger partial charge in [-0.3, -0.25) is 9.89 Å². The highest BCUT2D eigenvalue weighted by molar-refractivity contribution is 5.76. The molecule has 1 aromatic heterocycles. The van der Waals surface area contributed by atoms with E-state index in [2.05, 4.69) is 41.4 Å². The summed E-state index contributed by atoms with van der Waals surface area (Å²) in [6.07, 6.45) is 3.19. The van der Waals surface area contributed by atoms with Crippen LogP contribution in [-0.2, 0) is 24.1 Å². The van der Waals surface area contributed by atoms with Gasteiger partial charge in [0.15, 0.2) is 0 Å². The SMILES string of the molecule is Cc1[nH]nc(CCC(=O)N2CCc3ccccc3CC2)c1C. The predicted molar refractivity (Wildman–Crippen MR) is 86.8 cm³/mol. The van der Waals surface area contributed by atoms with Crippen LogP contribution in [0, 0.1) is 13.8 Å². The molecule has 0 bridgehead atoms. The largest absolute Gasteiger partial charge is 0.342 e. The van der Waals surface area contributed by atoms with Crippen LogP contribution in [0.1, 0.15) is 34.5 Å². The first-order valence-electron chi connectivity index (χ1n) is 8.00. The molecule has 116 valence electrons. The Bertz CT molecular complexity index is 648. The van der Waals surface area contributed by atoms with Crippen LogP contribution in [0.3, 0.4) is 0 Å². The van der Waals surface area contributed by atoms with Crippen LogP contribution >= 0.6 is 0 Å². The third kappa shape index (κ3) is 3.06. The van der Waals surface area contributed by atoms with Crippen LogP contribution < -0.4 is 0 Å². The highest BCUT2D eigenvalue weighted by Crippen LogP contribution is 2.17. The summed E-state index contributed by atoms with van der Waals surface area (Å²) < 4.78 is 0. The maximum absolute atomic E-state index is 12.5. The van der Waals surface area contributed by atoms with Gasteiger partial charge in [0, 0.05) is 31.6 Å². The van der Waals surface area contributed by atoms with Crippen LogP contribution in [0.25, 0.3) is 0 Å². The summed E-state index contributed by atoms with van der Waals surface area (Å²) in [5.41, 5.74) is 6.06. The summed E-state index contributed by atoms with van der Waals surface area (Å²) >= 11 is 0. The Hall–Kier alpha value is -2.10. The van der Waals surface area contributed by atoms with Crippen LogP contribution in [0.4, 0.5) is 0 Å². The van der Waals surface area contributed by atoms with Gasteiger partial charge in [-0.25, -0.2) is 0 Å². The number of hydrogen-bond donors (Lipinski definition) is 1. The lowest BCUT2D eigenvalue weighted by atomic mass is 10.0. The van der Waals surface area contributed by atoms with Crippen LogP contribution in [0.15, 0.2) is 24.3 Å². The highest BCUT2D eigenvalue weighted by Gasteiger charge is 2.18. The van der Waals surface area contributed by atoms with Crippen molar-refractivity contribution in [1.82, 2.24) is 15.1 Å². The molecule has 0 saturated carbocycles. The Labute approximate surface area is 131 Å². The minimum atomic E-state index is 0.243. The number of carbonyl (C=O) groups excluding carboxylic acids is 1. The summed E-state index contributed by atoms with van der Waals surface area (Å²) in [5, 5.41) is 7.27. The first-order chi connectivity index (χ1) is 10.6. The second kappa shape index (κ2) is 6.34. The molecule has 1 aromatic carbocycles. The van der Waals surface area contributed by atoms with E-state index in [0.717, 1.165) is 43.7 Å². The number of aryl methyl sites for hydroxylation is 2. The van der Waals surface area contributed by atoms with Crippen molar-refractivity contribution in [3.05, 3.63) is 52.3 Å². The molecule has 0 spiro atoms. The van der Waals surface area contributed by atoms with Crippen LogP contribution in [-0.4, -0.2) is 34.1 Å². The number of amides is 1. The summed E-state index contributed by atoms with van der Waals surface area (Å²) in [5.74, 6) is 0.243. The third-order valence-electron chi connectivity index (χ3n) is 4.70. The van der Waals surface area contributed by atoms with E-state index in [1.165, 1.54) is 16.7 Å². The third-order valence-corrected chi connectivity index (χ3v) is 4.70. The molecule has 0 fully saturated rings. The van der Waals surface area contributed by atoms with Gasteiger partial charge >= 0.3 is 0 Å². The molecular weight excluding hydrogens is 274 g/mol. The molecule has 2 aromatic rings. The molecule has 1 aliphatic heterocycles. The Morgan fingerprint density at radius 1 is 1.18 bits per heavy atom. The van der Waals surface area contributed by atoms with Gasteiger partial charge in [-0.1, -0.05) is 24.3 Å². The molecule has 3 rings (SSSR count). The maximum Gasteiger partial charge on any atom is 0.222 e. The Morgan fingerprint density at radius 3 is 2.36 bits per heavy atom. The summed E-state index contributed by atoms with van der Waals surface area (Å²) in [4.78, 5) is 14.5. The molecule has 22 heavy (non-hydrogen) atoms. The fourth-order valence-corrected chi connectivity index (χ4v) is 3.08. The molecule has 4 nitrogen and oxygen atoms in total. The monoisotopic (exact) mass is 297 g/mol. The molecule has 4 heteroatoms. The lowest BCUT2D eigenvalue weighted by Gasteiger charge is -2.20. The van der Waals surface area contributed by atoms with Gasteiger partial charge in [-0.15, -0.1) is 0 Å². The number of nitrogens with one attached hydrogen (secondary N) is 1. The van der Waals surface area contributed by atoms with E-state index in [-0.39, 0.29) is 5.91 Å². The van der Waals surface area contributed by atoms with Gasteiger partial charge in [0.1, 0.15) is 0 Å². The molecule has 1 amide bonds. The second-order valence-electron chi connectivity index (χ2n) is 6.07. The standard InChI is InChI=1S/C18H23N3O/c1-13-14(2)19-20-17(13)7-8-18(22)21-11-9-15-5-3-4-6-16(15)10-12-21/h3-6H,7-12H2,1-2H3,(H,19,20). The number of aromatic amines is 1. The number of H-pyrrole nitrogens is 1. The summed E-state index contributed by atoms with van der Waals surface area (Å²) in [6, 6.07) is 8.52. The molecule has 2 heterocycles. The molecule has 0 aliphatic carbocycles. The highest BCUT2D eigenvalue weighted by atomic mass is 16.2. The number of aromatic nitrogens is 2. The van der Waals surface area contributed by atoms with E-state index >= 15 is 0 Å². The average molecular weight is 297 g/mol. The lowest BCUT2D eigenvalue weighted by Crippen LogP contribution is -2.33. The zero-order chi connectivity index (χ0) is 15.5. The van der Waals surface area contributed by atoms with Gasteiger partial charge in [0.2, 0.25) is 5.91 Å². The molecule has 1 aliphatic rings. The van der Waals surface area contributed by atoms with Crippen molar-refractivity contribution in [1.29, 1.82) is 0 Å². The number of hydrogen-bond acceptors (Lipinski definition) is 2. The van der Waals surface area contributed by atoms with Gasteiger partial charge in [-0.2, -0.15) is 5.10 Å². The van der Waals surface area contributed by atoms with Crippen LogP contribution in [0.2, 0.25) is 0 Å². The van der Waals surface area contributed by atoms with Gasteiger partial charge < -0.3 is 4.90 Å². The molecule has 0 radical (unpaired) electrons. The van der Waals surface area contributed by atoms with Crippen molar-refractivity contribution in [3.8, 4) is 0 Å². The first-order valence-corrected chi connectivity index (χ1v) is 8.00. The van der Waals surface area contributed by atoms with Crippen molar-refractivity contribution >= 4 is 5.91 Å². The number of rotatable bonds is 3. The normalized spacial score (nSPS) is 14.5. The minimum Gasteiger partial charge on any atom is -0.342 e. The molecular formula is C18H23N3O. The van der Waals surface area contributed by atoms with Crippen molar-refractivity contribution < 1.29 is 4.79 Å². The summed E-state index contributed by atoms with van der Waals surface area (Å²) in [7, 11) is 0. The number of carbonyl (C=O) groups is 1. The molecule has 0 atom stereocenters. The van der Waals surface area contributed by atoms with E-state index in [1.807, 2.05) is 11.8 Å². The number of benzene rings is 1. The molecule has 0 saturated heterocycles. The van der Waals surface area contributed by atoms with Crippen LogP contribution in [0.5, 0.6) is 0 Å². The van der Waals surface area contributed by atoms with Crippen molar-refractivity contribution in [3.63, 3.8) is 0 Å². The second-order valence-corrected chi connectivity index (χ2v) is 6.07. The topological polar surface area (TPSA) is 49.0 Å². The zero-order valence-corrected chi connectivity index (χ0v) is 13.4. The smallest absolute Gasteiger partial charge is 0.222 e. The summed E-state index contributed by atoms with van der Waals surface area (Å²) in [6.45, 7) is 5.73. The van der Waals surface area contributed by atoms with E-state index in [0.29, 0.717) is 6.42 Å². The van der Waals surface area contributed by atoms with Crippen molar-refractivity contribution in [2.75, 3.05) is 13.1 Å². The van der Waals surface area contributed by atoms with E-state index in [4.69, 9.17) is 0 Å². The van der Waals surface area contributed by atoms with Crippen molar-refractivity contribution in [2.45, 2.75) is 39.5 Å². The number of fused-ring (bicyclic) bond motifs is 1. The Morgan fingerprint density at radius 2 is 1.82 bits per heavy atom. The number of nitrogens with zero attached hydrogens (tertiary/aromatic N) is 2. The average Bonchev–Trinajstić information content (AvgIpc) is 2.75. The lowest BCUT2D eigenvalue weighted by molar-refractivity contribution is -0.131.